The Labute approximate surface area is 55.3 Å². The molecule has 0 atom stereocenters. The van der Waals surface area contributed by atoms with Crippen molar-refractivity contribution in [3.63, 3.8) is 0 Å². The molecule has 0 unspecified atom stereocenters. The molecule has 0 saturated carbocycles. The first-order chi connectivity index (χ1) is 3.62. The van der Waals surface area contributed by atoms with E-state index >= 15 is 0 Å². The van der Waals surface area contributed by atoms with Gasteiger partial charge in [-0.2, -0.15) is 5.26 Å². The minimum Gasteiger partial charge on any atom is -0.198 e. The van der Waals surface area contributed by atoms with Crippen molar-refractivity contribution in [3.8, 4) is 6.07 Å². The predicted molar refractivity (Wildman–Crippen MR) is 34.7 cm³/mol. The quantitative estimate of drug-likeness (QED) is 0.527. The van der Waals surface area contributed by atoms with Crippen molar-refractivity contribution in [1.29, 1.82) is 5.26 Å². The van der Waals surface area contributed by atoms with Crippen molar-refractivity contribution in [2.24, 2.45) is 5.41 Å². The Morgan fingerprint density at radius 1 is 1.62 bits per heavy atom. The van der Waals surface area contributed by atoms with E-state index in [4.69, 9.17) is 16.9 Å². The number of alkyl halides is 1. The standard InChI is InChI=1S/C6H10ClN/c1-6(2,5-8)3-4-7/h3-4H2,1-2H3. The molecule has 0 radical (unpaired) electrons. The van der Waals surface area contributed by atoms with Gasteiger partial charge >= 0.3 is 0 Å². The molecule has 0 aromatic rings. The maximum atomic E-state index is 8.42. The molecule has 1 nitrogen and oxygen atoms in total. The normalized spacial score (nSPS) is 10.8. The molecular formula is C6H10ClN. The Hall–Kier alpha value is -0.220. The van der Waals surface area contributed by atoms with E-state index in [0.717, 1.165) is 6.42 Å². The molecule has 0 saturated heterocycles. The monoisotopic (exact) mass is 131 g/mol. The van der Waals surface area contributed by atoms with Gasteiger partial charge in [0.2, 0.25) is 0 Å². The van der Waals surface area contributed by atoms with Gasteiger partial charge in [0.25, 0.3) is 0 Å². The van der Waals surface area contributed by atoms with Gasteiger partial charge in [0.1, 0.15) is 0 Å². The fraction of sp³-hybridized carbons (Fsp3) is 0.833. The maximum Gasteiger partial charge on any atom is 0.0684 e. The van der Waals surface area contributed by atoms with E-state index in [-0.39, 0.29) is 5.41 Å². The molecule has 0 aromatic heterocycles. The van der Waals surface area contributed by atoms with Crippen LogP contribution < -0.4 is 0 Å². The molecular weight excluding hydrogens is 122 g/mol. The van der Waals surface area contributed by atoms with Crippen LogP contribution in [0.25, 0.3) is 0 Å². The number of hydrogen-bond acceptors (Lipinski definition) is 1. The molecule has 2 heteroatoms. The van der Waals surface area contributed by atoms with Crippen molar-refractivity contribution >= 4 is 11.6 Å². The van der Waals surface area contributed by atoms with E-state index in [1.54, 1.807) is 0 Å². The second-order valence-electron chi connectivity index (χ2n) is 2.43. The Bertz CT molecular complexity index is 102. The van der Waals surface area contributed by atoms with Crippen molar-refractivity contribution in [2.75, 3.05) is 5.88 Å². The molecule has 0 aliphatic heterocycles. The third-order valence-corrected chi connectivity index (χ3v) is 1.21. The lowest BCUT2D eigenvalue weighted by Gasteiger charge is -2.10. The first-order valence-corrected chi connectivity index (χ1v) is 3.13. The lowest BCUT2D eigenvalue weighted by atomic mass is 9.93. The molecule has 0 aliphatic rings. The molecule has 8 heavy (non-hydrogen) atoms. The van der Waals surface area contributed by atoms with Gasteiger partial charge < -0.3 is 0 Å². The molecule has 0 fully saturated rings. The smallest absolute Gasteiger partial charge is 0.0684 e. The summed E-state index contributed by atoms with van der Waals surface area (Å²) >= 11 is 5.41. The second-order valence-corrected chi connectivity index (χ2v) is 2.81. The van der Waals surface area contributed by atoms with E-state index in [0.29, 0.717) is 5.88 Å². The van der Waals surface area contributed by atoms with Gasteiger partial charge in [0.15, 0.2) is 0 Å². The van der Waals surface area contributed by atoms with E-state index in [1.807, 2.05) is 13.8 Å². The van der Waals surface area contributed by atoms with Crippen molar-refractivity contribution < 1.29 is 0 Å². The Balaban J connectivity index is 3.59. The first-order valence-electron chi connectivity index (χ1n) is 2.59. The van der Waals surface area contributed by atoms with Crippen LogP contribution in [0.5, 0.6) is 0 Å². The molecule has 0 bridgehead atoms. The third-order valence-electron chi connectivity index (χ3n) is 1.02. The summed E-state index contributed by atoms with van der Waals surface area (Å²) in [6.07, 6.45) is 0.769. The van der Waals surface area contributed by atoms with E-state index in [2.05, 4.69) is 6.07 Å². The van der Waals surface area contributed by atoms with Crippen LogP contribution >= 0.6 is 11.6 Å². The van der Waals surface area contributed by atoms with Crippen LogP contribution in [0.1, 0.15) is 20.3 Å². The molecule has 0 aliphatic carbocycles. The Morgan fingerprint density at radius 3 is 2.25 bits per heavy atom. The molecule has 0 heterocycles. The van der Waals surface area contributed by atoms with Gasteiger partial charge in [-0.05, 0) is 20.3 Å². The second kappa shape index (κ2) is 2.94. The van der Waals surface area contributed by atoms with Crippen LogP contribution in [0.4, 0.5) is 0 Å². The summed E-state index contributed by atoms with van der Waals surface area (Å²) < 4.78 is 0. The molecule has 0 aromatic carbocycles. The summed E-state index contributed by atoms with van der Waals surface area (Å²) in [6, 6.07) is 2.16. The average molecular weight is 132 g/mol. The van der Waals surface area contributed by atoms with Crippen LogP contribution in [0, 0.1) is 16.7 Å². The number of nitriles is 1. The minimum atomic E-state index is -0.234. The van der Waals surface area contributed by atoms with Gasteiger partial charge in [-0.1, -0.05) is 0 Å². The fourth-order valence-corrected chi connectivity index (χ4v) is 0.765. The summed E-state index contributed by atoms with van der Waals surface area (Å²) in [4.78, 5) is 0. The minimum absolute atomic E-state index is 0.234. The van der Waals surface area contributed by atoms with Crippen LogP contribution in [0.3, 0.4) is 0 Å². The van der Waals surface area contributed by atoms with Gasteiger partial charge in [-0.15, -0.1) is 11.6 Å². The van der Waals surface area contributed by atoms with Gasteiger partial charge in [0.05, 0.1) is 11.5 Å². The number of halogens is 1. The molecule has 46 valence electrons. The van der Waals surface area contributed by atoms with Crippen LogP contribution in [-0.4, -0.2) is 5.88 Å². The van der Waals surface area contributed by atoms with Crippen LogP contribution in [0.2, 0.25) is 0 Å². The highest BCUT2D eigenvalue weighted by Gasteiger charge is 2.14. The van der Waals surface area contributed by atoms with Crippen molar-refractivity contribution in [1.82, 2.24) is 0 Å². The molecule has 0 rings (SSSR count). The average Bonchev–Trinajstić information content (AvgIpc) is 1.67. The fourth-order valence-electron chi connectivity index (χ4n) is 0.292. The Kier molecular flexibility index (Phi) is 2.86. The summed E-state index contributed by atoms with van der Waals surface area (Å²) in [5.41, 5.74) is -0.234. The first kappa shape index (κ1) is 7.78. The molecule has 0 N–H and O–H groups in total. The zero-order valence-corrected chi connectivity index (χ0v) is 6.00. The van der Waals surface area contributed by atoms with Crippen molar-refractivity contribution in [2.45, 2.75) is 20.3 Å². The third kappa shape index (κ3) is 2.87. The SMILES string of the molecule is CC(C)(C#N)CCCl. The van der Waals surface area contributed by atoms with Gasteiger partial charge in [-0.3, -0.25) is 0 Å². The highest BCUT2D eigenvalue weighted by Crippen LogP contribution is 2.18. The highest BCUT2D eigenvalue weighted by atomic mass is 35.5. The summed E-state index contributed by atoms with van der Waals surface area (Å²) in [6.45, 7) is 3.77. The van der Waals surface area contributed by atoms with E-state index < -0.39 is 0 Å². The summed E-state index contributed by atoms with van der Waals surface area (Å²) in [5, 5.41) is 8.42. The number of rotatable bonds is 2. The molecule has 0 amide bonds. The Morgan fingerprint density at radius 2 is 2.12 bits per heavy atom. The zero-order valence-electron chi connectivity index (χ0n) is 5.24. The summed E-state index contributed by atoms with van der Waals surface area (Å²) in [5.74, 6) is 0.570. The van der Waals surface area contributed by atoms with Gasteiger partial charge in [-0.25, -0.2) is 0 Å². The van der Waals surface area contributed by atoms with Crippen LogP contribution in [-0.2, 0) is 0 Å². The largest absolute Gasteiger partial charge is 0.198 e. The van der Waals surface area contributed by atoms with E-state index in [9.17, 15) is 0 Å². The summed E-state index contributed by atoms with van der Waals surface area (Å²) in [7, 11) is 0. The topological polar surface area (TPSA) is 23.8 Å². The predicted octanol–water partition coefficient (Wildman–Crippen LogP) is 2.17. The van der Waals surface area contributed by atoms with Crippen LogP contribution in [0.15, 0.2) is 0 Å². The zero-order chi connectivity index (χ0) is 6.62. The number of nitrogens with zero attached hydrogens (tertiary/aromatic N) is 1. The lowest BCUT2D eigenvalue weighted by molar-refractivity contribution is 0.480. The number of hydrogen-bond donors (Lipinski definition) is 0. The van der Waals surface area contributed by atoms with Crippen molar-refractivity contribution in [3.05, 3.63) is 0 Å². The van der Waals surface area contributed by atoms with Gasteiger partial charge in [0, 0.05) is 5.88 Å². The lowest BCUT2D eigenvalue weighted by Crippen LogP contribution is -2.07. The molecule has 0 spiro atoms. The van der Waals surface area contributed by atoms with E-state index in [1.165, 1.54) is 0 Å². The highest BCUT2D eigenvalue weighted by molar-refractivity contribution is 6.17. The maximum absolute atomic E-state index is 8.42.